The first-order valence-corrected chi connectivity index (χ1v) is 6.28. The molecule has 0 aliphatic carbocycles. The van der Waals surface area contributed by atoms with Crippen LogP contribution in [0, 0.1) is 0 Å². The van der Waals surface area contributed by atoms with E-state index in [0.29, 0.717) is 5.56 Å². The van der Waals surface area contributed by atoms with Gasteiger partial charge in [-0.2, -0.15) is 4.58 Å². The Balaban J connectivity index is 2.06. The van der Waals surface area contributed by atoms with Gasteiger partial charge in [0.1, 0.15) is 6.21 Å². The maximum absolute atomic E-state index is 11.9. The Bertz CT molecular complexity index is 548. The number of allylic oxidation sites excluding steroid dienone is 1. The Hall–Kier alpha value is -2.43. The van der Waals surface area contributed by atoms with Crippen molar-refractivity contribution in [1.82, 2.24) is 0 Å². The first-order chi connectivity index (χ1) is 9.70. The minimum absolute atomic E-state index is 0.0802. The molecular weight excluding hydrogens is 258 g/mol. The van der Waals surface area contributed by atoms with Crippen molar-refractivity contribution in [3.63, 3.8) is 0 Å². The number of carbonyl (C=O) groups excluding carboxylic acids is 2. The largest absolute Gasteiger partial charge is 0.466 e. The molecule has 5 heteroatoms. The molecule has 1 atom stereocenters. The molecule has 0 bridgehead atoms. The molecule has 0 spiro atoms. The fourth-order valence-electron chi connectivity index (χ4n) is 1.88. The van der Waals surface area contributed by atoms with E-state index in [9.17, 15) is 9.59 Å². The number of hydrogen-bond acceptors (Lipinski definition) is 4. The van der Waals surface area contributed by atoms with Crippen LogP contribution in [0.15, 0.2) is 42.6 Å². The average Bonchev–Trinajstić information content (AvgIpc) is 2.97. The van der Waals surface area contributed by atoms with E-state index in [1.165, 1.54) is 7.11 Å². The first kappa shape index (κ1) is 14.0. The molecule has 0 saturated carbocycles. The van der Waals surface area contributed by atoms with Crippen LogP contribution in [-0.4, -0.2) is 36.4 Å². The molecule has 104 valence electrons. The van der Waals surface area contributed by atoms with E-state index >= 15 is 0 Å². The lowest BCUT2D eigenvalue weighted by atomic mass is 10.1. The third-order valence-electron chi connectivity index (χ3n) is 2.85. The molecule has 1 aromatic rings. The van der Waals surface area contributed by atoms with Crippen LogP contribution in [0.1, 0.15) is 18.1 Å². The van der Waals surface area contributed by atoms with E-state index in [-0.39, 0.29) is 6.54 Å². The number of rotatable bonds is 5. The SMILES string of the molecule is COC(=O)C(OC(=O)C[N+]1=CCC=C1)c1ccccc1. The van der Waals surface area contributed by atoms with Gasteiger partial charge in [0.05, 0.1) is 7.11 Å². The second-order valence-corrected chi connectivity index (χ2v) is 4.28. The van der Waals surface area contributed by atoms with Crippen molar-refractivity contribution in [2.24, 2.45) is 0 Å². The van der Waals surface area contributed by atoms with Crippen molar-refractivity contribution < 1.29 is 23.6 Å². The zero-order valence-corrected chi connectivity index (χ0v) is 11.2. The minimum atomic E-state index is -1.03. The molecule has 5 nitrogen and oxygen atoms in total. The van der Waals surface area contributed by atoms with Gasteiger partial charge >= 0.3 is 11.9 Å². The van der Waals surface area contributed by atoms with Crippen molar-refractivity contribution in [2.75, 3.05) is 13.7 Å². The number of nitrogens with zero attached hydrogens (tertiary/aromatic N) is 1. The Morgan fingerprint density at radius 1 is 1.30 bits per heavy atom. The van der Waals surface area contributed by atoms with Gasteiger partial charge in [0, 0.05) is 12.0 Å². The lowest BCUT2D eigenvalue weighted by Crippen LogP contribution is -2.25. The quantitative estimate of drug-likeness (QED) is 0.602. The highest BCUT2D eigenvalue weighted by atomic mass is 16.6. The Labute approximate surface area is 117 Å². The van der Waals surface area contributed by atoms with Crippen LogP contribution in [0.4, 0.5) is 0 Å². The molecule has 0 N–H and O–H groups in total. The second kappa shape index (κ2) is 6.65. The summed E-state index contributed by atoms with van der Waals surface area (Å²) < 4.78 is 11.7. The van der Waals surface area contributed by atoms with Crippen LogP contribution < -0.4 is 0 Å². The van der Waals surface area contributed by atoms with E-state index in [2.05, 4.69) is 4.74 Å². The van der Waals surface area contributed by atoms with Gasteiger partial charge in [0.15, 0.2) is 6.20 Å². The summed E-state index contributed by atoms with van der Waals surface area (Å²) in [5, 5.41) is 0. The van der Waals surface area contributed by atoms with Crippen LogP contribution >= 0.6 is 0 Å². The van der Waals surface area contributed by atoms with Gasteiger partial charge in [-0.15, -0.1) is 0 Å². The van der Waals surface area contributed by atoms with Crippen LogP contribution in [0.2, 0.25) is 0 Å². The topological polar surface area (TPSA) is 55.6 Å². The second-order valence-electron chi connectivity index (χ2n) is 4.28. The lowest BCUT2D eigenvalue weighted by Gasteiger charge is -2.15. The molecule has 0 amide bonds. The minimum Gasteiger partial charge on any atom is -0.466 e. The Morgan fingerprint density at radius 2 is 2.05 bits per heavy atom. The van der Waals surface area contributed by atoms with Gasteiger partial charge in [-0.05, 0) is 6.08 Å². The summed E-state index contributed by atoms with van der Waals surface area (Å²) in [5.74, 6) is -1.07. The van der Waals surface area contributed by atoms with Crippen LogP contribution in [0.5, 0.6) is 0 Å². The van der Waals surface area contributed by atoms with Gasteiger partial charge in [-0.1, -0.05) is 30.3 Å². The Morgan fingerprint density at radius 3 is 2.65 bits per heavy atom. The molecule has 0 saturated heterocycles. The fourth-order valence-corrected chi connectivity index (χ4v) is 1.88. The normalized spacial score (nSPS) is 14.6. The van der Waals surface area contributed by atoms with Crippen LogP contribution in [0.3, 0.4) is 0 Å². The smallest absolute Gasteiger partial charge is 0.373 e. The highest BCUT2D eigenvalue weighted by Crippen LogP contribution is 2.19. The number of esters is 2. The van der Waals surface area contributed by atoms with Crippen molar-refractivity contribution in [2.45, 2.75) is 12.5 Å². The zero-order valence-electron chi connectivity index (χ0n) is 11.2. The third-order valence-corrected chi connectivity index (χ3v) is 2.85. The standard InChI is InChI=1S/C15H16NO4/c1-19-15(18)14(12-7-3-2-4-8-12)20-13(17)11-16-9-5-6-10-16/h2-5,7-10,14H,6,11H2,1H3/q+1. The Kier molecular flexibility index (Phi) is 4.65. The molecule has 1 aromatic carbocycles. The van der Waals surface area contributed by atoms with Crippen molar-refractivity contribution >= 4 is 18.2 Å². The molecule has 20 heavy (non-hydrogen) atoms. The van der Waals surface area contributed by atoms with Gasteiger partial charge in [0.25, 0.3) is 0 Å². The first-order valence-electron chi connectivity index (χ1n) is 6.28. The molecule has 0 fully saturated rings. The highest BCUT2D eigenvalue weighted by molar-refractivity contribution is 5.81. The number of methoxy groups -OCH3 is 1. The average molecular weight is 274 g/mol. The number of hydrogen-bond donors (Lipinski definition) is 0. The van der Waals surface area contributed by atoms with Crippen molar-refractivity contribution in [3.8, 4) is 0 Å². The summed E-state index contributed by atoms with van der Waals surface area (Å²) in [6.45, 7) is 0.0802. The number of ether oxygens (including phenoxy) is 2. The summed E-state index contributed by atoms with van der Waals surface area (Å²) in [5.41, 5.74) is 0.591. The summed E-state index contributed by atoms with van der Waals surface area (Å²) in [6.07, 6.45) is 5.38. The fraction of sp³-hybridized carbons (Fsp3) is 0.267. The lowest BCUT2D eigenvalue weighted by molar-refractivity contribution is -0.440. The predicted octanol–water partition coefficient (Wildman–Crippen LogP) is 1.44. The highest BCUT2D eigenvalue weighted by Gasteiger charge is 2.27. The van der Waals surface area contributed by atoms with Crippen LogP contribution in [-0.2, 0) is 19.1 Å². The maximum Gasteiger partial charge on any atom is 0.373 e. The third kappa shape index (κ3) is 3.54. The van der Waals surface area contributed by atoms with E-state index in [0.717, 1.165) is 6.42 Å². The number of carbonyl (C=O) groups is 2. The van der Waals surface area contributed by atoms with Crippen molar-refractivity contribution in [3.05, 3.63) is 48.2 Å². The van der Waals surface area contributed by atoms with Gasteiger partial charge in [-0.25, -0.2) is 9.59 Å². The van der Waals surface area contributed by atoms with Gasteiger partial charge < -0.3 is 9.47 Å². The van der Waals surface area contributed by atoms with E-state index in [1.807, 2.05) is 18.4 Å². The summed E-state index contributed by atoms with van der Waals surface area (Å²) in [7, 11) is 1.27. The summed E-state index contributed by atoms with van der Waals surface area (Å²) >= 11 is 0. The summed E-state index contributed by atoms with van der Waals surface area (Å²) in [6, 6.07) is 8.81. The van der Waals surface area contributed by atoms with E-state index in [4.69, 9.17) is 4.74 Å². The molecule has 1 unspecified atom stereocenters. The predicted molar refractivity (Wildman–Crippen MR) is 72.2 cm³/mol. The monoisotopic (exact) mass is 274 g/mol. The summed E-state index contributed by atoms with van der Waals surface area (Å²) in [4.78, 5) is 23.6. The maximum atomic E-state index is 11.9. The van der Waals surface area contributed by atoms with Gasteiger partial charge in [0.2, 0.25) is 12.6 Å². The molecular formula is C15H16NO4+. The van der Waals surface area contributed by atoms with Crippen molar-refractivity contribution in [1.29, 1.82) is 0 Å². The molecule has 1 aliphatic heterocycles. The van der Waals surface area contributed by atoms with E-state index < -0.39 is 18.0 Å². The molecule has 1 heterocycles. The number of benzene rings is 1. The zero-order chi connectivity index (χ0) is 14.4. The molecule has 1 aliphatic rings. The van der Waals surface area contributed by atoms with Gasteiger partial charge in [-0.3, -0.25) is 0 Å². The van der Waals surface area contributed by atoms with Crippen LogP contribution in [0.25, 0.3) is 0 Å². The molecule has 0 aromatic heterocycles. The van der Waals surface area contributed by atoms with E-state index in [1.54, 1.807) is 35.0 Å². The molecule has 2 rings (SSSR count). The molecule has 0 radical (unpaired) electrons.